The van der Waals surface area contributed by atoms with Gasteiger partial charge in [0.25, 0.3) is 0 Å². The van der Waals surface area contributed by atoms with Crippen molar-refractivity contribution >= 4 is 11.8 Å². The SMILES string of the molecule is COc1cc(NC(=O)OC(C)(C)C)ccc1[C@@H](C)N. The monoisotopic (exact) mass is 266 g/mol. The van der Waals surface area contributed by atoms with Gasteiger partial charge in [-0.1, -0.05) is 6.07 Å². The second kappa shape index (κ2) is 5.93. The van der Waals surface area contributed by atoms with Crippen molar-refractivity contribution in [2.45, 2.75) is 39.3 Å². The Bertz CT molecular complexity index is 450. The molecule has 0 aliphatic rings. The molecule has 0 spiro atoms. The number of rotatable bonds is 3. The van der Waals surface area contributed by atoms with Crippen molar-refractivity contribution in [2.75, 3.05) is 12.4 Å². The van der Waals surface area contributed by atoms with E-state index >= 15 is 0 Å². The summed E-state index contributed by atoms with van der Waals surface area (Å²) in [6.45, 7) is 7.31. The molecule has 5 nitrogen and oxygen atoms in total. The molecule has 0 aliphatic heterocycles. The van der Waals surface area contributed by atoms with Crippen LogP contribution in [0.15, 0.2) is 18.2 Å². The van der Waals surface area contributed by atoms with Crippen molar-refractivity contribution in [3.63, 3.8) is 0 Å². The van der Waals surface area contributed by atoms with Crippen LogP contribution in [-0.2, 0) is 4.74 Å². The first-order valence-corrected chi connectivity index (χ1v) is 6.16. The van der Waals surface area contributed by atoms with Crippen molar-refractivity contribution in [2.24, 2.45) is 5.73 Å². The molecule has 0 heterocycles. The van der Waals surface area contributed by atoms with Crippen LogP contribution in [0.4, 0.5) is 10.5 Å². The second-order valence-electron chi connectivity index (χ2n) is 5.37. The van der Waals surface area contributed by atoms with Crippen LogP contribution < -0.4 is 15.8 Å². The molecule has 1 atom stereocenters. The van der Waals surface area contributed by atoms with E-state index in [2.05, 4.69) is 5.32 Å². The highest BCUT2D eigenvalue weighted by atomic mass is 16.6. The molecule has 0 saturated heterocycles. The maximum atomic E-state index is 11.6. The van der Waals surface area contributed by atoms with Crippen LogP contribution in [0.5, 0.6) is 5.75 Å². The molecular formula is C14H22N2O3. The molecule has 1 aromatic carbocycles. The van der Waals surface area contributed by atoms with Gasteiger partial charge in [0.2, 0.25) is 0 Å². The Kier molecular flexibility index (Phi) is 4.78. The Hall–Kier alpha value is -1.75. The summed E-state index contributed by atoms with van der Waals surface area (Å²) in [5.41, 5.74) is 6.80. The van der Waals surface area contributed by atoms with Gasteiger partial charge < -0.3 is 15.2 Å². The maximum Gasteiger partial charge on any atom is 0.412 e. The standard InChI is InChI=1S/C14H22N2O3/c1-9(15)11-7-6-10(8-12(11)18-5)16-13(17)19-14(2,3)4/h6-9H,15H2,1-5H3,(H,16,17)/t9-/m1/s1. The number of hydrogen-bond acceptors (Lipinski definition) is 4. The lowest BCUT2D eigenvalue weighted by Gasteiger charge is -2.20. The molecule has 1 amide bonds. The quantitative estimate of drug-likeness (QED) is 0.881. The third-order valence-electron chi connectivity index (χ3n) is 2.37. The average Bonchev–Trinajstić information content (AvgIpc) is 2.25. The van der Waals surface area contributed by atoms with Gasteiger partial charge in [-0.25, -0.2) is 4.79 Å². The number of amides is 1. The van der Waals surface area contributed by atoms with Gasteiger partial charge in [0.05, 0.1) is 7.11 Å². The first-order chi connectivity index (χ1) is 8.73. The fourth-order valence-corrected chi connectivity index (χ4v) is 1.59. The highest BCUT2D eigenvalue weighted by Crippen LogP contribution is 2.27. The molecule has 1 rings (SSSR count). The lowest BCUT2D eigenvalue weighted by Crippen LogP contribution is -2.27. The van der Waals surface area contributed by atoms with Crippen LogP contribution in [-0.4, -0.2) is 18.8 Å². The first-order valence-electron chi connectivity index (χ1n) is 6.16. The number of nitrogens with one attached hydrogen (secondary N) is 1. The minimum atomic E-state index is -0.528. The molecule has 0 bridgehead atoms. The number of anilines is 1. The lowest BCUT2D eigenvalue weighted by molar-refractivity contribution is 0.0636. The summed E-state index contributed by atoms with van der Waals surface area (Å²) in [4.78, 5) is 11.6. The van der Waals surface area contributed by atoms with E-state index in [0.29, 0.717) is 11.4 Å². The summed E-state index contributed by atoms with van der Waals surface area (Å²) in [6.07, 6.45) is -0.497. The summed E-state index contributed by atoms with van der Waals surface area (Å²) < 4.78 is 10.4. The van der Waals surface area contributed by atoms with Crippen LogP contribution in [0.25, 0.3) is 0 Å². The Morgan fingerprint density at radius 2 is 2.00 bits per heavy atom. The molecule has 0 aromatic heterocycles. The predicted molar refractivity (Wildman–Crippen MR) is 75.5 cm³/mol. The zero-order chi connectivity index (χ0) is 14.6. The Morgan fingerprint density at radius 3 is 2.47 bits per heavy atom. The van der Waals surface area contributed by atoms with Gasteiger partial charge >= 0.3 is 6.09 Å². The van der Waals surface area contributed by atoms with Gasteiger partial charge in [0.1, 0.15) is 11.4 Å². The molecule has 0 fully saturated rings. The van der Waals surface area contributed by atoms with Crippen LogP contribution in [0, 0.1) is 0 Å². The van der Waals surface area contributed by atoms with Crippen LogP contribution in [0.3, 0.4) is 0 Å². The fraction of sp³-hybridized carbons (Fsp3) is 0.500. The maximum absolute atomic E-state index is 11.6. The third kappa shape index (κ3) is 4.79. The molecule has 106 valence electrons. The van der Waals surface area contributed by atoms with E-state index in [4.69, 9.17) is 15.2 Å². The minimum Gasteiger partial charge on any atom is -0.496 e. The van der Waals surface area contributed by atoms with Gasteiger partial charge in [-0.2, -0.15) is 0 Å². The summed E-state index contributed by atoms with van der Waals surface area (Å²) in [5, 5.41) is 2.66. The molecule has 3 N–H and O–H groups in total. The molecule has 1 aromatic rings. The lowest BCUT2D eigenvalue weighted by atomic mass is 10.1. The third-order valence-corrected chi connectivity index (χ3v) is 2.37. The van der Waals surface area contributed by atoms with Crippen molar-refractivity contribution in [1.29, 1.82) is 0 Å². The predicted octanol–water partition coefficient (Wildman–Crippen LogP) is 3.06. The van der Waals surface area contributed by atoms with Crippen LogP contribution >= 0.6 is 0 Å². The summed E-state index contributed by atoms with van der Waals surface area (Å²) in [7, 11) is 1.57. The Balaban J connectivity index is 2.83. The fourth-order valence-electron chi connectivity index (χ4n) is 1.59. The van der Waals surface area contributed by atoms with E-state index in [0.717, 1.165) is 5.56 Å². The normalized spacial score (nSPS) is 12.7. The average molecular weight is 266 g/mol. The minimum absolute atomic E-state index is 0.134. The van der Waals surface area contributed by atoms with Crippen molar-refractivity contribution in [3.8, 4) is 5.75 Å². The van der Waals surface area contributed by atoms with E-state index in [1.54, 1.807) is 19.2 Å². The molecule has 0 aliphatic carbocycles. The van der Waals surface area contributed by atoms with Crippen LogP contribution in [0.2, 0.25) is 0 Å². The second-order valence-corrected chi connectivity index (χ2v) is 5.37. The number of ether oxygens (including phenoxy) is 2. The number of benzene rings is 1. The van der Waals surface area contributed by atoms with Gasteiger partial charge in [-0.05, 0) is 33.8 Å². The molecular weight excluding hydrogens is 244 g/mol. The van der Waals surface area contributed by atoms with E-state index in [1.165, 1.54) is 0 Å². The summed E-state index contributed by atoms with van der Waals surface area (Å²) in [6, 6.07) is 5.19. The zero-order valence-electron chi connectivity index (χ0n) is 12.1. The van der Waals surface area contributed by atoms with E-state index in [1.807, 2.05) is 33.8 Å². The van der Waals surface area contributed by atoms with Crippen molar-refractivity contribution in [1.82, 2.24) is 0 Å². The topological polar surface area (TPSA) is 73.6 Å². The highest BCUT2D eigenvalue weighted by Gasteiger charge is 2.17. The number of nitrogens with two attached hydrogens (primary N) is 1. The van der Waals surface area contributed by atoms with E-state index < -0.39 is 11.7 Å². The number of carbonyl (C=O) groups excluding carboxylic acids is 1. The summed E-state index contributed by atoms with van der Waals surface area (Å²) >= 11 is 0. The smallest absolute Gasteiger partial charge is 0.412 e. The molecule has 0 saturated carbocycles. The summed E-state index contributed by atoms with van der Waals surface area (Å²) in [5.74, 6) is 0.642. The van der Waals surface area contributed by atoms with Gasteiger partial charge in [-0.3, -0.25) is 5.32 Å². The van der Waals surface area contributed by atoms with Gasteiger partial charge in [0.15, 0.2) is 0 Å². The Labute approximate surface area is 114 Å². The molecule has 19 heavy (non-hydrogen) atoms. The molecule has 5 heteroatoms. The van der Waals surface area contributed by atoms with Crippen molar-refractivity contribution < 1.29 is 14.3 Å². The largest absolute Gasteiger partial charge is 0.496 e. The van der Waals surface area contributed by atoms with E-state index in [-0.39, 0.29) is 6.04 Å². The van der Waals surface area contributed by atoms with Gasteiger partial charge in [-0.15, -0.1) is 0 Å². The van der Waals surface area contributed by atoms with E-state index in [9.17, 15) is 4.79 Å². The Morgan fingerprint density at radius 1 is 1.37 bits per heavy atom. The van der Waals surface area contributed by atoms with Gasteiger partial charge in [0, 0.05) is 23.4 Å². The number of methoxy groups -OCH3 is 1. The van der Waals surface area contributed by atoms with Crippen LogP contribution in [0.1, 0.15) is 39.3 Å². The molecule has 0 radical (unpaired) electrons. The molecule has 0 unspecified atom stereocenters. The number of carbonyl (C=O) groups is 1. The number of hydrogen-bond donors (Lipinski definition) is 2. The highest BCUT2D eigenvalue weighted by molar-refractivity contribution is 5.85. The van der Waals surface area contributed by atoms with Crippen molar-refractivity contribution in [3.05, 3.63) is 23.8 Å². The first kappa shape index (κ1) is 15.3. The zero-order valence-corrected chi connectivity index (χ0v) is 12.1.